The predicted molar refractivity (Wildman–Crippen MR) is 96.8 cm³/mol. The molecule has 5 heteroatoms. The first kappa shape index (κ1) is 15.4. The number of aliphatic hydroxyl groups excluding tert-OH is 1. The number of pyridine rings is 1. The van der Waals surface area contributed by atoms with Gasteiger partial charge in [-0.25, -0.2) is 0 Å². The highest BCUT2D eigenvalue weighted by Crippen LogP contribution is 2.35. The van der Waals surface area contributed by atoms with Crippen LogP contribution in [0.5, 0.6) is 0 Å². The summed E-state index contributed by atoms with van der Waals surface area (Å²) >= 11 is 2.27. The van der Waals surface area contributed by atoms with E-state index in [9.17, 15) is 5.11 Å². The number of nitrogens with zero attached hydrogens (tertiary/aromatic N) is 2. The van der Waals surface area contributed by atoms with Gasteiger partial charge in [-0.3, -0.25) is 10.1 Å². The van der Waals surface area contributed by atoms with Gasteiger partial charge in [-0.15, -0.1) is 0 Å². The van der Waals surface area contributed by atoms with Crippen LogP contribution in [0.4, 0.5) is 0 Å². The number of hydrogen-bond donors (Lipinski definition) is 2. The Labute approximate surface area is 143 Å². The second-order valence-electron chi connectivity index (χ2n) is 5.73. The zero-order valence-electron chi connectivity index (χ0n) is 12.8. The molecule has 0 unspecified atom stereocenters. The third-order valence-corrected chi connectivity index (χ3v) is 4.93. The zero-order valence-corrected chi connectivity index (χ0v) is 15.0. The maximum absolute atomic E-state index is 9.48. The molecule has 0 bridgehead atoms. The number of nitrogens with one attached hydrogen (secondary N) is 1. The molecule has 2 N–H and O–H groups in total. The van der Waals surface area contributed by atoms with Crippen LogP contribution in [0.15, 0.2) is 24.4 Å². The van der Waals surface area contributed by atoms with Crippen molar-refractivity contribution >= 4 is 33.5 Å². The molecular formula is C17H18IN3O. The molecule has 0 fully saturated rings. The van der Waals surface area contributed by atoms with E-state index in [2.05, 4.69) is 58.8 Å². The summed E-state index contributed by atoms with van der Waals surface area (Å²) in [6.07, 6.45) is 1.86. The van der Waals surface area contributed by atoms with Crippen LogP contribution in [-0.4, -0.2) is 20.3 Å². The SMILES string of the molecule is Cc1nc(-c2c(C(C)C)ccc3[nH]ncc23)cc(I)c1CO. The lowest BCUT2D eigenvalue weighted by Gasteiger charge is -2.15. The largest absolute Gasteiger partial charge is 0.392 e. The molecule has 0 spiro atoms. The predicted octanol–water partition coefficient (Wildman–Crippen LogP) is 4.15. The fourth-order valence-corrected chi connectivity index (χ4v) is 3.64. The van der Waals surface area contributed by atoms with Crippen LogP contribution in [0.2, 0.25) is 0 Å². The van der Waals surface area contributed by atoms with Crippen LogP contribution in [0.3, 0.4) is 0 Å². The van der Waals surface area contributed by atoms with Gasteiger partial charge < -0.3 is 5.11 Å². The molecule has 0 aliphatic carbocycles. The Morgan fingerprint density at radius 3 is 2.73 bits per heavy atom. The first-order valence-electron chi connectivity index (χ1n) is 7.26. The van der Waals surface area contributed by atoms with Gasteiger partial charge in [0.15, 0.2) is 0 Å². The lowest BCUT2D eigenvalue weighted by Crippen LogP contribution is -2.01. The van der Waals surface area contributed by atoms with Crippen molar-refractivity contribution in [2.24, 2.45) is 0 Å². The highest BCUT2D eigenvalue weighted by atomic mass is 127. The standard InChI is InChI=1S/C17H18IN3O/c1-9(2)11-4-5-15-12(7-19-21-15)17(11)16-6-14(18)13(8-22)10(3)20-16/h4-7,9,22H,8H2,1-3H3,(H,19,21). The second-order valence-corrected chi connectivity index (χ2v) is 6.89. The number of hydrogen-bond acceptors (Lipinski definition) is 3. The minimum atomic E-state index is 0.0182. The summed E-state index contributed by atoms with van der Waals surface area (Å²) in [6.45, 7) is 6.33. The summed E-state index contributed by atoms with van der Waals surface area (Å²) in [7, 11) is 0. The number of fused-ring (bicyclic) bond motifs is 1. The van der Waals surface area contributed by atoms with Gasteiger partial charge in [0.05, 0.1) is 24.0 Å². The fraction of sp³-hybridized carbons (Fsp3) is 0.294. The molecule has 0 saturated heterocycles. The molecule has 0 saturated carbocycles. The van der Waals surface area contributed by atoms with Gasteiger partial charge in [0, 0.05) is 25.8 Å². The number of aromatic amines is 1. The Bertz CT molecular complexity index is 816. The van der Waals surface area contributed by atoms with Gasteiger partial charge >= 0.3 is 0 Å². The van der Waals surface area contributed by atoms with E-state index in [1.807, 2.05) is 19.2 Å². The van der Waals surface area contributed by atoms with Gasteiger partial charge in [-0.05, 0) is 53.1 Å². The number of aryl methyl sites for hydroxylation is 1. The van der Waals surface area contributed by atoms with Crippen LogP contribution in [0, 0.1) is 10.5 Å². The zero-order chi connectivity index (χ0) is 15.9. The molecule has 0 aliphatic rings. The van der Waals surface area contributed by atoms with E-state index in [0.717, 1.165) is 37.0 Å². The van der Waals surface area contributed by atoms with Gasteiger partial charge in [0.25, 0.3) is 0 Å². The van der Waals surface area contributed by atoms with E-state index < -0.39 is 0 Å². The number of rotatable bonds is 3. The third kappa shape index (κ3) is 2.52. The fourth-order valence-electron chi connectivity index (χ4n) is 2.78. The maximum Gasteiger partial charge on any atom is 0.0726 e. The van der Waals surface area contributed by atoms with Crippen LogP contribution < -0.4 is 0 Å². The molecule has 2 aromatic heterocycles. The highest BCUT2D eigenvalue weighted by molar-refractivity contribution is 14.1. The number of aliphatic hydroxyl groups is 1. The van der Waals surface area contributed by atoms with Crippen molar-refractivity contribution in [3.05, 3.63) is 44.8 Å². The molecule has 22 heavy (non-hydrogen) atoms. The molecule has 1 aromatic carbocycles. The Morgan fingerprint density at radius 2 is 2.09 bits per heavy atom. The first-order chi connectivity index (χ1) is 10.5. The van der Waals surface area contributed by atoms with Crippen LogP contribution >= 0.6 is 22.6 Å². The Balaban J connectivity index is 2.33. The van der Waals surface area contributed by atoms with Crippen molar-refractivity contribution in [2.75, 3.05) is 0 Å². The summed E-state index contributed by atoms with van der Waals surface area (Å²) in [4.78, 5) is 4.74. The lowest BCUT2D eigenvalue weighted by molar-refractivity contribution is 0.279. The van der Waals surface area contributed by atoms with E-state index in [1.165, 1.54) is 5.56 Å². The third-order valence-electron chi connectivity index (χ3n) is 3.97. The second kappa shape index (κ2) is 5.96. The monoisotopic (exact) mass is 407 g/mol. The molecule has 114 valence electrons. The molecule has 3 rings (SSSR count). The normalized spacial score (nSPS) is 11.5. The van der Waals surface area contributed by atoms with Gasteiger partial charge in [-0.2, -0.15) is 5.10 Å². The van der Waals surface area contributed by atoms with Crippen LogP contribution in [-0.2, 0) is 6.61 Å². The van der Waals surface area contributed by atoms with Gasteiger partial charge in [-0.1, -0.05) is 19.9 Å². The molecule has 0 atom stereocenters. The molecule has 3 aromatic rings. The average Bonchev–Trinajstić information content (AvgIpc) is 2.93. The van der Waals surface area contributed by atoms with E-state index in [4.69, 9.17) is 4.98 Å². The summed E-state index contributed by atoms with van der Waals surface area (Å²) in [6, 6.07) is 6.26. The number of aromatic nitrogens is 3. The molecule has 0 amide bonds. The smallest absolute Gasteiger partial charge is 0.0726 e. The molecule has 0 aliphatic heterocycles. The molecule has 0 radical (unpaired) electrons. The minimum absolute atomic E-state index is 0.0182. The summed E-state index contributed by atoms with van der Waals surface area (Å²) < 4.78 is 1.04. The van der Waals surface area contributed by atoms with Crippen molar-refractivity contribution in [3.8, 4) is 11.3 Å². The molecule has 4 nitrogen and oxygen atoms in total. The van der Waals surface area contributed by atoms with Crippen LogP contribution in [0.25, 0.3) is 22.2 Å². The Morgan fingerprint density at radius 1 is 1.32 bits per heavy atom. The molecular weight excluding hydrogens is 389 g/mol. The highest BCUT2D eigenvalue weighted by Gasteiger charge is 2.17. The van der Waals surface area contributed by atoms with Crippen molar-refractivity contribution in [1.29, 1.82) is 0 Å². The van der Waals surface area contributed by atoms with Crippen molar-refractivity contribution in [1.82, 2.24) is 15.2 Å². The van der Waals surface area contributed by atoms with E-state index >= 15 is 0 Å². The lowest BCUT2D eigenvalue weighted by atomic mass is 9.92. The van der Waals surface area contributed by atoms with E-state index in [-0.39, 0.29) is 6.61 Å². The van der Waals surface area contributed by atoms with Gasteiger partial charge in [0.1, 0.15) is 0 Å². The molecule has 2 heterocycles. The minimum Gasteiger partial charge on any atom is -0.392 e. The van der Waals surface area contributed by atoms with Crippen molar-refractivity contribution in [2.45, 2.75) is 33.3 Å². The first-order valence-corrected chi connectivity index (χ1v) is 8.34. The maximum atomic E-state index is 9.48. The Hall–Kier alpha value is -1.47. The quantitative estimate of drug-likeness (QED) is 0.642. The van der Waals surface area contributed by atoms with Gasteiger partial charge in [0.2, 0.25) is 0 Å². The van der Waals surface area contributed by atoms with Crippen molar-refractivity contribution < 1.29 is 5.11 Å². The van der Waals surface area contributed by atoms with E-state index in [0.29, 0.717) is 5.92 Å². The Kier molecular flexibility index (Phi) is 4.18. The topological polar surface area (TPSA) is 61.8 Å². The average molecular weight is 407 g/mol. The number of benzene rings is 1. The van der Waals surface area contributed by atoms with Crippen LogP contribution in [0.1, 0.15) is 36.6 Å². The number of halogens is 1. The van der Waals surface area contributed by atoms with E-state index in [1.54, 1.807) is 0 Å². The summed E-state index contributed by atoms with van der Waals surface area (Å²) in [5.74, 6) is 0.395. The summed E-state index contributed by atoms with van der Waals surface area (Å²) in [5, 5.41) is 17.8. The van der Waals surface area contributed by atoms with Crippen molar-refractivity contribution in [3.63, 3.8) is 0 Å². The number of H-pyrrole nitrogens is 1. The summed E-state index contributed by atoms with van der Waals surface area (Å²) in [5.41, 5.74) is 6.12.